The first-order valence-electron chi connectivity index (χ1n) is 15.7. The lowest BCUT2D eigenvalue weighted by Crippen LogP contribution is -2.46. The van der Waals surface area contributed by atoms with E-state index in [4.69, 9.17) is 4.98 Å². The van der Waals surface area contributed by atoms with Gasteiger partial charge in [0.25, 0.3) is 5.91 Å². The van der Waals surface area contributed by atoms with Crippen LogP contribution in [-0.2, 0) is 12.7 Å². The van der Waals surface area contributed by atoms with Crippen molar-refractivity contribution in [2.45, 2.75) is 63.8 Å². The van der Waals surface area contributed by atoms with Crippen molar-refractivity contribution in [2.24, 2.45) is 0 Å². The van der Waals surface area contributed by atoms with Crippen LogP contribution in [0.4, 0.5) is 13.2 Å². The molecule has 8 heteroatoms. The molecule has 3 aromatic carbocycles. The quantitative estimate of drug-likeness (QED) is 0.235. The minimum absolute atomic E-state index is 0.258. The van der Waals surface area contributed by atoms with Gasteiger partial charge in [-0.1, -0.05) is 67.1 Å². The number of carbonyl (C=O) groups excluding carboxylic acids is 1. The average molecular weight is 601 g/mol. The number of rotatable bonds is 7. The van der Waals surface area contributed by atoms with Gasteiger partial charge in [0.05, 0.1) is 28.4 Å². The number of hydrogen-bond donors (Lipinski definition) is 1. The third-order valence-electron chi connectivity index (χ3n) is 9.18. The smallest absolute Gasteiger partial charge is 0.345 e. The van der Waals surface area contributed by atoms with Crippen molar-refractivity contribution in [2.75, 3.05) is 26.2 Å². The van der Waals surface area contributed by atoms with Crippen LogP contribution in [0.25, 0.3) is 22.2 Å². The van der Waals surface area contributed by atoms with E-state index in [-0.39, 0.29) is 11.9 Å². The molecule has 2 aliphatic heterocycles. The largest absolute Gasteiger partial charge is 0.416 e. The summed E-state index contributed by atoms with van der Waals surface area (Å²) < 4.78 is 41.4. The Morgan fingerprint density at radius 3 is 2.34 bits per heavy atom. The van der Waals surface area contributed by atoms with Crippen molar-refractivity contribution in [3.05, 3.63) is 101 Å². The predicted octanol–water partition coefficient (Wildman–Crippen LogP) is 7.86. The van der Waals surface area contributed by atoms with E-state index in [0.29, 0.717) is 45.9 Å². The van der Waals surface area contributed by atoms with Gasteiger partial charge < -0.3 is 10.2 Å². The molecule has 2 aliphatic rings. The van der Waals surface area contributed by atoms with E-state index >= 15 is 0 Å². The monoisotopic (exact) mass is 600 g/mol. The third kappa shape index (κ3) is 6.66. The van der Waals surface area contributed by atoms with E-state index in [1.54, 1.807) is 6.07 Å². The second kappa shape index (κ2) is 13.1. The highest BCUT2D eigenvalue weighted by Crippen LogP contribution is 2.36. The van der Waals surface area contributed by atoms with E-state index in [1.165, 1.54) is 25.3 Å². The van der Waals surface area contributed by atoms with E-state index in [9.17, 15) is 18.0 Å². The van der Waals surface area contributed by atoms with Crippen molar-refractivity contribution >= 4 is 16.8 Å². The van der Waals surface area contributed by atoms with Crippen LogP contribution in [0.15, 0.2) is 78.9 Å². The molecule has 2 saturated heterocycles. The highest BCUT2D eigenvalue weighted by molar-refractivity contribution is 6.09. The molecule has 3 heterocycles. The molecule has 44 heavy (non-hydrogen) atoms. The molecule has 0 saturated carbocycles. The zero-order valence-electron chi connectivity index (χ0n) is 25.1. The Bertz CT molecular complexity index is 1590. The first-order chi connectivity index (χ1) is 21.3. The van der Waals surface area contributed by atoms with Gasteiger partial charge in [-0.05, 0) is 82.5 Å². The summed E-state index contributed by atoms with van der Waals surface area (Å²) >= 11 is 0. The maximum absolute atomic E-state index is 14.2. The summed E-state index contributed by atoms with van der Waals surface area (Å²) in [6.45, 7) is 6.40. The molecule has 230 valence electrons. The summed E-state index contributed by atoms with van der Waals surface area (Å²) in [4.78, 5) is 24.1. The van der Waals surface area contributed by atoms with Crippen molar-refractivity contribution in [1.29, 1.82) is 0 Å². The number of alkyl halides is 3. The van der Waals surface area contributed by atoms with Gasteiger partial charge in [-0.3, -0.25) is 9.69 Å². The average Bonchev–Trinajstić information content (AvgIpc) is 3.05. The highest BCUT2D eigenvalue weighted by Gasteiger charge is 2.32. The van der Waals surface area contributed by atoms with Gasteiger partial charge in [-0.2, -0.15) is 13.2 Å². The number of hydrogen-bond acceptors (Lipinski definition) is 4. The van der Waals surface area contributed by atoms with Crippen molar-refractivity contribution in [3.63, 3.8) is 0 Å². The van der Waals surface area contributed by atoms with Gasteiger partial charge in [0, 0.05) is 29.1 Å². The Hall–Kier alpha value is -3.75. The molecule has 1 amide bonds. The fourth-order valence-corrected chi connectivity index (χ4v) is 6.79. The second-order valence-electron chi connectivity index (χ2n) is 12.1. The van der Waals surface area contributed by atoms with E-state index < -0.39 is 11.7 Å². The Morgan fingerprint density at radius 1 is 0.909 bits per heavy atom. The molecule has 6 rings (SSSR count). The molecule has 1 atom stereocenters. The molecule has 0 unspecified atom stereocenters. The van der Waals surface area contributed by atoms with Gasteiger partial charge in [0.1, 0.15) is 0 Å². The molecule has 5 nitrogen and oxygen atoms in total. The summed E-state index contributed by atoms with van der Waals surface area (Å²) in [5.74, 6) is -0.258. The number of piperidine rings is 2. The van der Waals surface area contributed by atoms with E-state index in [2.05, 4.69) is 15.1 Å². The van der Waals surface area contributed by atoms with Gasteiger partial charge in [-0.15, -0.1) is 0 Å². The first-order valence-corrected chi connectivity index (χ1v) is 15.7. The van der Waals surface area contributed by atoms with Crippen LogP contribution >= 0.6 is 0 Å². The molecule has 0 aliphatic carbocycles. The van der Waals surface area contributed by atoms with Crippen LogP contribution < -0.4 is 5.32 Å². The maximum atomic E-state index is 14.2. The Kier molecular flexibility index (Phi) is 9.01. The number of halogens is 3. The standard InChI is InChI=1S/C36H39F3N4O/c1-25(26-11-4-2-5-12-26)40-35(44)33-30-15-6-7-16-32(30)41-34(27-13-10-14-28(23-27)36(37,38)39)31(33)24-42-21-17-29(18-22-42)43-19-8-3-9-20-43/h2,4-7,10-16,23,25,29H,3,8-9,17-22,24H2,1H3,(H,40,44)/t25-/m1/s1. The van der Waals surface area contributed by atoms with Crippen LogP contribution in [-0.4, -0.2) is 52.9 Å². The van der Waals surface area contributed by atoms with Crippen molar-refractivity contribution < 1.29 is 18.0 Å². The minimum atomic E-state index is -4.49. The number of pyridine rings is 1. The molecule has 0 spiro atoms. The molecular weight excluding hydrogens is 561 g/mol. The molecular formula is C36H39F3N4O. The number of carbonyl (C=O) groups is 1. The van der Waals surface area contributed by atoms with Gasteiger partial charge in [0.2, 0.25) is 0 Å². The second-order valence-corrected chi connectivity index (χ2v) is 12.1. The number of likely N-dealkylation sites (tertiary alicyclic amines) is 2. The van der Waals surface area contributed by atoms with Gasteiger partial charge >= 0.3 is 6.18 Å². The van der Waals surface area contributed by atoms with Crippen LogP contribution in [0.2, 0.25) is 0 Å². The SMILES string of the molecule is C[C@@H](NC(=O)c1c(CN2CCC(N3CCCCC3)CC2)c(-c2cccc(C(F)(F)F)c2)nc2ccccc12)c1ccccc1. The molecule has 0 bridgehead atoms. The van der Waals surface area contributed by atoms with Crippen molar-refractivity contribution in [3.8, 4) is 11.3 Å². The van der Waals surface area contributed by atoms with Crippen LogP contribution in [0.3, 0.4) is 0 Å². The normalized spacial score (nSPS) is 17.9. The number of fused-ring (bicyclic) bond motifs is 1. The third-order valence-corrected chi connectivity index (χ3v) is 9.18. The number of nitrogens with zero attached hydrogens (tertiary/aromatic N) is 3. The predicted molar refractivity (Wildman–Crippen MR) is 168 cm³/mol. The van der Waals surface area contributed by atoms with Gasteiger partial charge in [-0.25, -0.2) is 4.98 Å². The summed E-state index contributed by atoms with van der Waals surface area (Å²) in [6.07, 6.45) is 1.39. The number of para-hydroxylation sites is 1. The van der Waals surface area contributed by atoms with Gasteiger partial charge in [0.15, 0.2) is 0 Å². The lowest BCUT2D eigenvalue weighted by molar-refractivity contribution is -0.137. The molecule has 1 aromatic heterocycles. The summed E-state index contributed by atoms with van der Waals surface area (Å²) in [5.41, 5.74) is 2.73. The molecule has 4 aromatic rings. The number of benzene rings is 3. The number of aromatic nitrogens is 1. The fourth-order valence-electron chi connectivity index (χ4n) is 6.79. The molecule has 1 N–H and O–H groups in total. The van der Waals surface area contributed by atoms with E-state index in [1.807, 2.05) is 61.5 Å². The maximum Gasteiger partial charge on any atom is 0.416 e. The Labute approximate surface area is 257 Å². The zero-order valence-corrected chi connectivity index (χ0v) is 25.1. The van der Waals surface area contributed by atoms with Crippen LogP contribution in [0.1, 0.15) is 72.1 Å². The Morgan fingerprint density at radius 2 is 1.61 bits per heavy atom. The lowest BCUT2D eigenvalue weighted by Gasteiger charge is -2.40. The Balaban J connectivity index is 1.41. The minimum Gasteiger partial charge on any atom is -0.345 e. The summed E-state index contributed by atoms with van der Waals surface area (Å²) in [5, 5.41) is 3.87. The molecule has 0 radical (unpaired) electrons. The first kappa shape index (κ1) is 30.3. The van der Waals surface area contributed by atoms with Crippen LogP contribution in [0, 0.1) is 0 Å². The zero-order chi connectivity index (χ0) is 30.7. The van der Waals surface area contributed by atoms with Crippen molar-refractivity contribution in [1.82, 2.24) is 20.1 Å². The molecule has 2 fully saturated rings. The van der Waals surface area contributed by atoms with Crippen LogP contribution in [0.5, 0.6) is 0 Å². The summed E-state index contributed by atoms with van der Waals surface area (Å²) in [6, 6.07) is 22.7. The summed E-state index contributed by atoms with van der Waals surface area (Å²) in [7, 11) is 0. The fraction of sp³-hybridized carbons (Fsp3) is 0.389. The van der Waals surface area contributed by atoms with E-state index in [0.717, 1.165) is 56.7 Å². The highest BCUT2D eigenvalue weighted by atomic mass is 19.4. The number of amides is 1. The number of nitrogens with one attached hydrogen (secondary N) is 1. The topological polar surface area (TPSA) is 48.5 Å². The lowest BCUT2D eigenvalue weighted by atomic mass is 9.93.